The van der Waals surface area contributed by atoms with Crippen LogP contribution in [0.1, 0.15) is 16.1 Å². The number of nitrogens with one attached hydrogen (secondary N) is 2. The van der Waals surface area contributed by atoms with Crippen molar-refractivity contribution < 1.29 is 31.9 Å². The van der Waals surface area contributed by atoms with Gasteiger partial charge in [-0.15, -0.1) is 0 Å². The lowest BCUT2D eigenvalue weighted by Crippen LogP contribution is -2.19. The van der Waals surface area contributed by atoms with E-state index in [2.05, 4.69) is 15.4 Å². The molecule has 0 aliphatic rings. The Hall–Kier alpha value is -4.27. The molecule has 0 saturated carbocycles. The Morgan fingerprint density at radius 2 is 1.62 bits per heavy atom. The zero-order valence-electron chi connectivity index (χ0n) is 17.7. The highest BCUT2D eigenvalue weighted by Crippen LogP contribution is 2.22. The number of carbonyl (C=O) groups excluding carboxylic acids is 2. The first-order valence-electron chi connectivity index (χ1n) is 10.2. The van der Waals surface area contributed by atoms with E-state index in [0.717, 1.165) is 5.39 Å². The molecule has 0 atom stereocenters. The van der Waals surface area contributed by atoms with Crippen LogP contribution in [0.3, 0.4) is 0 Å². The molecule has 1 aromatic heterocycles. The van der Waals surface area contributed by atoms with Gasteiger partial charge in [0.1, 0.15) is 11.3 Å². The molecule has 2 N–H and O–H groups in total. The topological polar surface area (TPSA) is 80.6 Å². The average Bonchev–Trinajstić information content (AvgIpc) is 3.23. The summed E-state index contributed by atoms with van der Waals surface area (Å²) in [4.78, 5) is 24.8. The van der Waals surface area contributed by atoms with Crippen LogP contribution in [0.2, 0.25) is 0 Å². The van der Waals surface area contributed by atoms with Gasteiger partial charge in [0.05, 0.1) is 6.42 Å². The lowest BCUT2D eigenvalue weighted by Gasteiger charge is -2.11. The maximum Gasteiger partial charge on any atom is 0.422 e. The number of fused-ring (bicyclic) bond motifs is 1. The summed E-state index contributed by atoms with van der Waals surface area (Å²) in [6.45, 7) is -1.41. The highest BCUT2D eigenvalue weighted by Gasteiger charge is 2.28. The number of para-hydroxylation sites is 1. The van der Waals surface area contributed by atoms with Crippen molar-refractivity contribution in [3.8, 4) is 5.75 Å². The summed E-state index contributed by atoms with van der Waals surface area (Å²) in [5.74, 6) is -0.563. The molecule has 34 heavy (non-hydrogen) atoms. The van der Waals surface area contributed by atoms with Crippen LogP contribution in [0.4, 0.5) is 24.5 Å². The number of furan rings is 1. The molecule has 0 radical (unpaired) electrons. The van der Waals surface area contributed by atoms with E-state index in [9.17, 15) is 22.8 Å². The van der Waals surface area contributed by atoms with Crippen LogP contribution in [0.5, 0.6) is 5.75 Å². The van der Waals surface area contributed by atoms with Gasteiger partial charge in [-0.3, -0.25) is 9.59 Å². The van der Waals surface area contributed by atoms with Crippen molar-refractivity contribution in [2.45, 2.75) is 12.6 Å². The molecule has 0 fully saturated rings. The third-order valence-electron chi connectivity index (χ3n) is 4.75. The number of rotatable bonds is 7. The number of amides is 2. The van der Waals surface area contributed by atoms with Crippen molar-refractivity contribution in [1.29, 1.82) is 0 Å². The van der Waals surface area contributed by atoms with Gasteiger partial charge in [-0.05, 0) is 42.0 Å². The first kappa shape index (κ1) is 22.9. The summed E-state index contributed by atoms with van der Waals surface area (Å²) in [5, 5.41) is 6.19. The lowest BCUT2D eigenvalue weighted by atomic mass is 10.1. The van der Waals surface area contributed by atoms with Gasteiger partial charge in [0.2, 0.25) is 5.91 Å². The molecule has 3 aromatic carbocycles. The highest BCUT2D eigenvalue weighted by atomic mass is 19.4. The summed E-state index contributed by atoms with van der Waals surface area (Å²) < 4.78 is 47.1. The van der Waals surface area contributed by atoms with Gasteiger partial charge >= 0.3 is 6.18 Å². The molecule has 174 valence electrons. The minimum Gasteiger partial charge on any atom is -0.484 e. The van der Waals surface area contributed by atoms with Gasteiger partial charge in [-0.1, -0.05) is 36.4 Å². The minimum absolute atomic E-state index is 0.000303. The molecule has 0 aliphatic heterocycles. The monoisotopic (exact) mass is 468 g/mol. The first-order valence-corrected chi connectivity index (χ1v) is 10.2. The van der Waals surface area contributed by atoms with E-state index in [4.69, 9.17) is 4.42 Å². The predicted octanol–water partition coefficient (Wildman–Crippen LogP) is 5.81. The predicted molar refractivity (Wildman–Crippen MR) is 121 cm³/mol. The quantitative estimate of drug-likeness (QED) is 0.359. The largest absolute Gasteiger partial charge is 0.484 e. The summed E-state index contributed by atoms with van der Waals surface area (Å²) in [6.07, 6.45) is -4.41. The molecule has 6 nitrogen and oxygen atoms in total. The maximum atomic E-state index is 12.4. The van der Waals surface area contributed by atoms with Crippen LogP contribution in [0.25, 0.3) is 11.0 Å². The Balaban J connectivity index is 1.32. The standard InChI is InChI=1S/C25H19F3N2O4/c26-25(27,28)15-33-20-6-3-5-19(14-20)29-23(31)12-16-8-10-18(11-9-16)30-24(32)22-13-17-4-1-2-7-21(17)34-22/h1-11,13-14H,12,15H2,(H,29,31)(H,30,32). The van der Waals surface area contributed by atoms with Crippen molar-refractivity contribution in [3.63, 3.8) is 0 Å². The van der Waals surface area contributed by atoms with Gasteiger partial charge in [0.25, 0.3) is 5.91 Å². The fraction of sp³-hybridized carbons (Fsp3) is 0.120. The van der Waals surface area contributed by atoms with Crippen LogP contribution in [0.15, 0.2) is 83.3 Å². The SMILES string of the molecule is O=C(Cc1ccc(NC(=O)c2cc3ccccc3o2)cc1)Nc1cccc(OCC(F)(F)F)c1. The normalized spacial score (nSPS) is 11.3. The van der Waals surface area contributed by atoms with Gasteiger partial charge in [0, 0.05) is 22.8 Å². The number of carbonyl (C=O) groups is 2. The molecule has 0 unspecified atom stereocenters. The molecule has 0 bridgehead atoms. The highest BCUT2D eigenvalue weighted by molar-refractivity contribution is 6.04. The van der Waals surface area contributed by atoms with Crippen molar-refractivity contribution in [2.75, 3.05) is 17.2 Å². The van der Waals surface area contributed by atoms with E-state index in [-0.39, 0.29) is 23.8 Å². The zero-order chi connectivity index (χ0) is 24.1. The van der Waals surface area contributed by atoms with Gasteiger partial charge in [-0.2, -0.15) is 13.2 Å². The van der Waals surface area contributed by atoms with E-state index in [0.29, 0.717) is 22.5 Å². The second-order valence-corrected chi connectivity index (χ2v) is 7.46. The molecule has 0 spiro atoms. The summed E-state index contributed by atoms with van der Waals surface area (Å²) in [6, 6.07) is 21.4. The van der Waals surface area contributed by atoms with E-state index in [1.165, 1.54) is 18.2 Å². The molecular weight excluding hydrogens is 449 g/mol. The Kier molecular flexibility index (Phi) is 6.53. The van der Waals surface area contributed by atoms with E-state index in [1.807, 2.05) is 18.2 Å². The number of benzene rings is 3. The van der Waals surface area contributed by atoms with Gasteiger partial charge in [0.15, 0.2) is 12.4 Å². The third kappa shape index (κ3) is 6.16. The second kappa shape index (κ2) is 9.70. The van der Waals surface area contributed by atoms with E-state index < -0.39 is 18.7 Å². The van der Waals surface area contributed by atoms with Crippen LogP contribution >= 0.6 is 0 Å². The average molecular weight is 468 g/mol. The molecule has 9 heteroatoms. The Morgan fingerprint density at radius 3 is 2.35 bits per heavy atom. The summed E-state index contributed by atoms with van der Waals surface area (Å²) in [5.41, 5.74) is 2.15. The number of ether oxygens (including phenoxy) is 1. The van der Waals surface area contributed by atoms with Crippen LogP contribution in [0, 0.1) is 0 Å². The van der Waals surface area contributed by atoms with E-state index >= 15 is 0 Å². The summed E-state index contributed by atoms with van der Waals surface area (Å²) in [7, 11) is 0. The van der Waals surface area contributed by atoms with Crippen molar-refractivity contribution in [2.24, 2.45) is 0 Å². The first-order chi connectivity index (χ1) is 16.2. The molecule has 2 amide bonds. The zero-order valence-corrected chi connectivity index (χ0v) is 17.7. The van der Waals surface area contributed by atoms with Crippen LogP contribution in [-0.2, 0) is 11.2 Å². The Labute approximate surface area is 192 Å². The van der Waals surface area contributed by atoms with Gasteiger partial charge in [-0.25, -0.2) is 0 Å². The molecule has 4 rings (SSSR count). The molecule has 0 saturated heterocycles. The molecule has 0 aliphatic carbocycles. The lowest BCUT2D eigenvalue weighted by molar-refractivity contribution is -0.153. The van der Waals surface area contributed by atoms with Gasteiger partial charge < -0.3 is 19.8 Å². The van der Waals surface area contributed by atoms with Crippen LogP contribution in [-0.4, -0.2) is 24.6 Å². The molecular formula is C25H19F3N2O4. The number of hydrogen-bond donors (Lipinski definition) is 2. The smallest absolute Gasteiger partial charge is 0.422 e. The third-order valence-corrected chi connectivity index (χ3v) is 4.75. The maximum absolute atomic E-state index is 12.4. The Bertz CT molecular complexity index is 1280. The fourth-order valence-corrected chi connectivity index (χ4v) is 3.21. The molecule has 4 aromatic rings. The number of anilines is 2. The van der Waals surface area contributed by atoms with Crippen LogP contribution < -0.4 is 15.4 Å². The van der Waals surface area contributed by atoms with Crippen molar-refractivity contribution in [3.05, 3.63) is 90.2 Å². The molecule has 1 heterocycles. The number of hydrogen-bond acceptors (Lipinski definition) is 4. The number of halogens is 3. The van der Waals surface area contributed by atoms with E-state index in [1.54, 1.807) is 42.5 Å². The number of alkyl halides is 3. The second-order valence-electron chi connectivity index (χ2n) is 7.46. The minimum atomic E-state index is -4.45. The van der Waals surface area contributed by atoms with Crippen molar-refractivity contribution >= 4 is 34.2 Å². The summed E-state index contributed by atoms with van der Waals surface area (Å²) >= 11 is 0. The Morgan fingerprint density at radius 1 is 0.853 bits per heavy atom. The fourth-order valence-electron chi connectivity index (χ4n) is 3.21. The van der Waals surface area contributed by atoms with Crippen molar-refractivity contribution in [1.82, 2.24) is 0 Å².